The number of nitrogens with zero attached hydrogens (tertiary/aromatic N) is 1. The summed E-state index contributed by atoms with van der Waals surface area (Å²) in [4.78, 5) is 16.4. The van der Waals surface area contributed by atoms with Crippen LogP contribution in [0.5, 0.6) is 5.75 Å². The number of thioether (sulfide) groups is 1. The van der Waals surface area contributed by atoms with Crippen molar-refractivity contribution in [2.24, 2.45) is 0 Å². The molecule has 0 aliphatic rings. The van der Waals surface area contributed by atoms with E-state index in [1.807, 2.05) is 61.5 Å². The highest BCUT2D eigenvalue weighted by atomic mass is 32.2. The van der Waals surface area contributed by atoms with E-state index in [-0.39, 0.29) is 5.75 Å². The molecule has 4 nitrogen and oxygen atoms in total. The van der Waals surface area contributed by atoms with Crippen LogP contribution in [0.3, 0.4) is 0 Å². The monoisotopic (exact) mass is 370 g/mol. The number of thiazole rings is 1. The number of hydrogen-bond acceptors (Lipinski definition) is 6. The van der Waals surface area contributed by atoms with Gasteiger partial charge in [-0.2, -0.15) is 0 Å². The molecule has 6 heteroatoms. The molecule has 0 bridgehead atoms. The largest absolute Gasteiger partial charge is 0.549 e. The second-order valence-electron chi connectivity index (χ2n) is 5.13. The average molecular weight is 370 g/mol. The summed E-state index contributed by atoms with van der Waals surface area (Å²) in [6.07, 6.45) is 1.93. The molecular formula is C19H16NO3S2-. The highest BCUT2D eigenvalue weighted by Gasteiger charge is 2.11. The topological polar surface area (TPSA) is 62.2 Å². The first-order valence-corrected chi connectivity index (χ1v) is 9.59. The Bertz CT molecular complexity index is 885. The Morgan fingerprint density at radius 1 is 1.24 bits per heavy atom. The summed E-state index contributed by atoms with van der Waals surface area (Å²) in [7, 11) is 0. The predicted molar refractivity (Wildman–Crippen MR) is 103 cm³/mol. The van der Waals surface area contributed by atoms with Crippen LogP contribution in [-0.4, -0.2) is 23.3 Å². The summed E-state index contributed by atoms with van der Waals surface area (Å²) < 4.78 is 6.72. The molecule has 0 fully saturated rings. The van der Waals surface area contributed by atoms with Crippen molar-refractivity contribution in [3.8, 4) is 5.75 Å². The van der Waals surface area contributed by atoms with Gasteiger partial charge in [0.25, 0.3) is 0 Å². The van der Waals surface area contributed by atoms with Gasteiger partial charge in [-0.3, -0.25) is 0 Å². The fraction of sp³-hybridized carbons (Fsp3) is 0.158. The molecule has 3 aromatic rings. The Morgan fingerprint density at radius 3 is 2.76 bits per heavy atom. The van der Waals surface area contributed by atoms with Crippen LogP contribution in [0, 0.1) is 0 Å². The van der Waals surface area contributed by atoms with Gasteiger partial charge < -0.3 is 14.6 Å². The number of para-hydroxylation sites is 2. The molecule has 0 radical (unpaired) electrons. The third-order valence-electron chi connectivity index (χ3n) is 3.36. The maximum absolute atomic E-state index is 10.9. The van der Waals surface area contributed by atoms with Crippen molar-refractivity contribution in [3.63, 3.8) is 0 Å². The molecule has 3 rings (SSSR count). The summed E-state index contributed by atoms with van der Waals surface area (Å²) in [5.41, 5.74) is 1.80. The van der Waals surface area contributed by atoms with Crippen molar-refractivity contribution in [2.45, 2.75) is 6.92 Å². The molecule has 128 valence electrons. The Morgan fingerprint density at radius 2 is 2.00 bits per heavy atom. The third-order valence-corrected chi connectivity index (χ3v) is 5.56. The highest BCUT2D eigenvalue weighted by Crippen LogP contribution is 2.36. The van der Waals surface area contributed by atoms with E-state index in [9.17, 15) is 9.90 Å². The normalized spacial score (nSPS) is 11.6. The SMILES string of the molecule is CCOc1ccccc1/C=C(\SCC(=O)[O-])c1nc2ccccc2s1. The van der Waals surface area contributed by atoms with Gasteiger partial charge in [0, 0.05) is 16.2 Å². The van der Waals surface area contributed by atoms with Gasteiger partial charge in [0.2, 0.25) is 0 Å². The molecule has 0 aliphatic carbocycles. The highest BCUT2D eigenvalue weighted by molar-refractivity contribution is 8.09. The number of carbonyl (C=O) groups is 1. The van der Waals surface area contributed by atoms with Crippen LogP contribution in [-0.2, 0) is 4.79 Å². The minimum atomic E-state index is -1.10. The number of ether oxygens (including phenoxy) is 1. The molecule has 0 atom stereocenters. The van der Waals surface area contributed by atoms with Gasteiger partial charge in [-0.1, -0.05) is 30.3 Å². The molecule has 0 N–H and O–H groups in total. The van der Waals surface area contributed by atoms with Gasteiger partial charge in [0.1, 0.15) is 10.8 Å². The number of carbonyl (C=O) groups excluding carboxylic acids is 1. The Kier molecular flexibility index (Phi) is 5.73. The van der Waals surface area contributed by atoms with Crippen molar-refractivity contribution in [2.75, 3.05) is 12.4 Å². The standard InChI is InChI=1S/C19H17NO3S2/c1-2-23-15-9-5-3-7-13(15)11-17(24-12-18(21)22)19-20-14-8-4-6-10-16(14)25-19/h3-11H,2,12H2,1H3,(H,21,22)/p-1/b17-11-. The molecule has 1 heterocycles. The van der Waals surface area contributed by atoms with E-state index in [2.05, 4.69) is 4.98 Å². The second kappa shape index (κ2) is 8.18. The minimum absolute atomic E-state index is 0.126. The van der Waals surface area contributed by atoms with Crippen molar-refractivity contribution in [1.29, 1.82) is 0 Å². The van der Waals surface area contributed by atoms with Gasteiger partial charge >= 0.3 is 0 Å². The van der Waals surface area contributed by atoms with E-state index < -0.39 is 5.97 Å². The first-order chi connectivity index (χ1) is 12.2. The first kappa shape index (κ1) is 17.5. The average Bonchev–Trinajstić information content (AvgIpc) is 3.04. The smallest absolute Gasteiger partial charge is 0.131 e. The fourth-order valence-electron chi connectivity index (χ4n) is 2.31. The summed E-state index contributed by atoms with van der Waals surface area (Å²) in [5, 5.41) is 11.7. The third kappa shape index (κ3) is 4.41. The number of aromatic nitrogens is 1. The van der Waals surface area contributed by atoms with Crippen LogP contribution in [0.15, 0.2) is 48.5 Å². The maximum atomic E-state index is 10.9. The summed E-state index contributed by atoms with van der Waals surface area (Å²) in [6, 6.07) is 15.5. The fourth-order valence-corrected chi connectivity index (χ4v) is 4.14. The van der Waals surface area contributed by atoms with Crippen LogP contribution < -0.4 is 9.84 Å². The minimum Gasteiger partial charge on any atom is -0.549 e. The molecular weight excluding hydrogens is 354 g/mol. The lowest BCUT2D eigenvalue weighted by atomic mass is 10.2. The van der Waals surface area contributed by atoms with Crippen LogP contribution in [0.1, 0.15) is 17.5 Å². The van der Waals surface area contributed by atoms with Crippen molar-refractivity contribution < 1.29 is 14.6 Å². The first-order valence-electron chi connectivity index (χ1n) is 7.79. The lowest BCUT2D eigenvalue weighted by Crippen LogP contribution is -2.24. The van der Waals surface area contributed by atoms with Crippen LogP contribution in [0.2, 0.25) is 0 Å². The molecule has 2 aromatic carbocycles. The summed E-state index contributed by atoms with van der Waals surface area (Å²) in [6.45, 7) is 2.49. The van der Waals surface area contributed by atoms with E-state index in [1.54, 1.807) is 11.3 Å². The molecule has 0 saturated heterocycles. The maximum Gasteiger partial charge on any atom is 0.131 e. The Labute approximate surface area is 154 Å². The lowest BCUT2D eigenvalue weighted by molar-refractivity contribution is -0.301. The molecule has 0 amide bonds. The molecule has 0 spiro atoms. The zero-order chi connectivity index (χ0) is 17.6. The number of benzene rings is 2. The van der Waals surface area contributed by atoms with Crippen molar-refractivity contribution >= 4 is 50.3 Å². The van der Waals surface area contributed by atoms with Crippen LogP contribution >= 0.6 is 23.1 Å². The number of aliphatic carboxylic acids is 1. The van der Waals surface area contributed by atoms with E-state index >= 15 is 0 Å². The van der Waals surface area contributed by atoms with Crippen LogP contribution in [0.4, 0.5) is 0 Å². The lowest BCUT2D eigenvalue weighted by Gasteiger charge is -2.09. The Balaban J connectivity index is 2.03. The predicted octanol–water partition coefficient (Wildman–Crippen LogP) is 3.68. The van der Waals surface area contributed by atoms with Crippen LogP contribution in [0.25, 0.3) is 21.2 Å². The zero-order valence-corrected chi connectivity index (χ0v) is 15.2. The van der Waals surface area contributed by atoms with Gasteiger partial charge in [0.15, 0.2) is 0 Å². The van der Waals surface area contributed by atoms with E-state index in [1.165, 1.54) is 11.8 Å². The summed E-state index contributed by atoms with van der Waals surface area (Å²) in [5.74, 6) is -0.466. The number of hydrogen-bond donors (Lipinski definition) is 0. The Hall–Kier alpha value is -2.31. The van der Waals surface area contributed by atoms with Gasteiger partial charge in [0.05, 0.1) is 22.8 Å². The van der Waals surface area contributed by atoms with Gasteiger partial charge in [-0.25, -0.2) is 4.98 Å². The molecule has 0 saturated carbocycles. The quantitative estimate of drug-likeness (QED) is 0.635. The van der Waals surface area contributed by atoms with Gasteiger partial charge in [-0.05, 0) is 31.2 Å². The molecule has 0 unspecified atom stereocenters. The second-order valence-corrected chi connectivity index (χ2v) is 7.17. The van der Waals surface area contributed by atoms with E-state index in [0.717, 1.165) is 31.4 Å². The summed E-state index contributed by atoms with van der Waals surface area (Å²) >= 11 is 2.75. The molecule has 1 aromatic heterocycles. The number of carboxylic acid groups (broad SMARTS) is 1. The van der Waals surface area contributed by atoms with E-state index in [4.69, 9.17) is 4.74 Å². The number of rotatable bonds is 7. The molecule has 25 heavy (non-hydrogen) atoms. The van der Waals surface area contributed by atoms with Crippen molar-refractivity contribution in [1.82, 2.24) is 4.98 Å². The molecule has 0 aliphatic heterocycles. The number of carboxylic acids is 1. The van der Waals surface area contributed by atoms with E-state index in [0.29, 0.717) is 6.61 Å². The number of fused-ring (bicyclic) bond motifs is 1. The van der Waals surface area contributed by atoms with Gasteiger partial charge in [-0.15, -0.1) is 23.1 Å². The zero-order valence-electron chi connectivity index (χ0n) is 13.6. The van der Waals surface area contributed by atoms with Crippen molar-refractivity contribution in [3.05, 3.63) is 59.1 Å².